The zero-order valence-corrected chi connectivity index (χ0v) is 39.9. The highest BCUT2D eigenvalue weighted by atomic mass is 16.7. The van der Waals surface area contributed by atoms with Crippen LogP contribution in [0, 0.1) is 0 Å². The third-order valence-corrected chi connectivity index (χ3v) is 10.5. The van der Waals surface area contributed by atoms with E-state index in [4.69, 9.17) is 23.7 Å². The third-order valence-electron chi connectivity index (χ3n) is 10.5. The van der Waals surface area contributed by atoms with Crippen LogP contribution in [0.15, 0.2) is 85.1 Å². The monoisotopic (exact) mass is 913 g/mol. The van der Waals surface area contributed by atoms with Crippen molar-refractivity contribution in [3.63, 3.8) is 0 Å². The lowest BCUT2D eigenvalue weighted by molar-refractivity contribution is -0.301. The lowest BCUT2D eigenvalue weighted by atomic mass is 9.98. The second kappa shape index (κ2) is 41.3. The smallest absolute Gasteiger partial charge is 0.335 e. The molecule has 0 amide bonds. The molecule has 0 aromatic carbocycles. The number of aliphatic hydroxyl groups is 2. The predicted molar refractivity (Wildman–Crippen MR) is 257 cm³/mol. The Hall–Kier alpha value is -4.10. The van der Waals surface area contributed by atoms with Gasteiger partial charge in [0, 0.05) is 19.3 Å². The van der Waals surface area contributed by atoms with Gasteiger partial charge in [-0.2, -0.15) is 0 Å². The molecule has 1 aliphatic heterocycles. The van der Waals surface area contributed by atoms with E-state index in [1.165, 1.54) is 25.7 Å². The van der Waals surface area contributed by atoms with Gasteiger partial charge in [-0.15, -0.1) is 0 Å². The average molecular weight is 913 g/mol. The molecule has 3 N–H and O–H groups in total. The van der Waals surface area contributed by atoms with Crippen molar-refractivity contribution in [2.24, 2.45) is 0 Å². The van der Waals surface area contributed by atoms with Crippen LogP contribution < -0.4 is 0 Å². The largest absolute Gasteiger partial charge is 0.479 e. The zero-order valence-electron chi connectivity index (χ0n) is 39.9. The topological polar surface area (TPSA) is 175 Å². The van der Waals surface area contributed by atoms with E-state index in [1.54, 1.807) is 0 Å². The molecule has 1 rings (SSSR count). The quantitative estimate of drug-likeness (QED) is 0.0231. The molecule has 0 aliphatic carbocycles. The first-order valence-electron chi connectivity index (χ1n) is 24.6. The summed E-state index contributed by atoms with van der Waals surface area (Å²) in [6.07, 6.45) is 39.0. The van der Waals surface area contributed by atoms with E-state index in [0.717, 1.165) is 89.9 Å². The molecule has 0 saturated carbocycles. The van der Waals surface area contributed by atoms with E-state index >= 15 is 0 Å². The zero-order chi connectivity index (χ0) is 47.6. The Morgan fingerprint density at radius 3 is 1.54 bits per heavy atom. The maximum absolute atomic E-state index is 13.0. The number of allylic oxidation sites excluding steroid dienone is 14. The van der Waals surface area contributed by atoms with Crippen molar-refractivity contribution in [3.05, 3.63) is 85.1 Å². The van der Waals surface area contributed by atoms with Crippen molar-refractivity contribution < 1.29 is 58.2 Å². The minimum absolute atomic E-state index is 0.0478. The lowest BCUT2D eigenvalue weighted by Gasteiger charge is -2.40. The van der Waals surface area contributed by atoms with Gasteiger partial charge in [-0.3, -0.25) is 14.4 Å². The molecule has 0 aromatic rings. The number of ether oxygens (including phenoxy) is 5. The summed E-state index contributed by atoms with van der Waals surface area (Å²) in [5.41, 5.74) is 0. The molecule has 6 unspecified atom stereocenters. The number of rotatable bonds is 39. The molecule has 12 heteroatoms. The van der Waals surface area contributed by atoms with Crippen LogP contribution in [0.5, 0.6) is 0 Å². The summed E-state index contributed by atoms with van der Waals surface area (Å²) >= 11 is 0. The SMILES string of the molecule is CC/C=C\C/C=C\C/C=C\C/C=C\CCC(=O)OCC(COC1OC(C(=O)O)C(O)C(O)C1OC(=O)CCCCCCCCCCC)OC(=O)CCCCC/C=C\C/C=C\C/C=C\CC. The highest BCUT2D eigenvalue weighted by molar-refractivity contribution is 5.74. The third kappa shape index (κ3) is 32.3. The Balaban J connectivity index is 2.83. The van der Waals surface area contributed by atoms with Gasteiger partial charge in [-0.05, 0) is 77.0 Å². The molecule has 0 aromatic heterocycles. The highest BCUT2D eigenvalue weighted by Gasteiger charge is 2.50. The first-order chi connectivity index (χ1) is 31.6. The van der Waals surface area contributed by atoms with Gasteiger partial charge in [0.05, 0.1) is 6.61 Å². The number of unbranched alkanes of at least 4 members (excludes halogenated alkanes) is 11. The van der Waals surface area contributed by atoms with E-state index in [9.17, 15) is 34.5 Å². The number of carboxylic acid groups (broad SMARTS) is 1. The van der Waals surface area contributed by atoms with E-state index in [-0.39, 0.29) is 25.9 Å². The van der Waals surface area contributed by atoms with Crippen molar-refractivity contribution >= 4 is 23.9 Å². The maximum Gasteiger partial charge on any atom is 0.335 e. The van der Waals surface area contributed by atoms with Gasteiger partial charge in [0.1, 0.15) is 18.8 Å². The standard InChI is InChI=1S/C53H84O12/c1-4-7-10-13-16-19-21-23-25-28-30-33-36-39-45(54)61-42-44(63-46(55)40-37-34-32-29-26-24-22-20-17-14-11-8-5-2)43-62-53-51(49(58)48(57)50(65-53)52(59)60)64-47(56)41-38-35-31-27-18-15-12-9-6-3/h7-8,10-11,16-17,19-20,23-26,30,33,44,48-51,53,57-58H,4-6,9,12-15,18,21-22,27-29,31-32,34-43H2,1-3H3,(H,59,60)/b10-7-,11-8-,19-16-,20-17-,25-23-,26-24-,33-30-. The second-order valence-corrected chi connectivity index (χ2v) is 16.3. The number of hydrogen-bond donors (Lipinski definition) is 3. The van der Waals surface area contributed by atoms with E-state index in [1.807, 2.05) is 12.2 Å². The fraction of sp³-hybridized carbons (Fsp3) is 0.660. The van der Waals surface area contributed by atoms with Gasteiger partial charge in [0.25, 0.3) is 0 Å². The van der Waals surface area contributed by atoms with E-state index in [2.05, 4.69) is 93.7 Å². The fourth-order valence-corrected chi connectivity index (χ4v) is 6.75. The fourth-order valence-electron chi connectivity index (χ4n) is 6.75. The summed E-state index contributed by atoms with van der Waals surface area (Å²) < 4.78 is 28.1. The number of hydrogen-bond acceptors (Lipinski definition) is 11. The molecule has 12 nitrogen and oxygen atoms in total. The average Bonchev–Trinajstić information content (AvgIpc) is 3.29. The van der Waals surface area contributed by atoms with Crippen LogP contribution in [0.2, 0.25) is 0 Å². The number of aliphatic carboxylic acids is 1. The number of aliphatic hydroxyl groups excluding tert-OH is 2. The molecule has 1 fully saturated rings. The molecular formula is C53H84O12. The molecule has 0 radical (unpaired) electrons. The van der Waals surface area contributed by atoms with Gasteiger partial charge in [0.2, 0.25) is 0 Å². The summed E-state index contributed by atoms with van der Waals surface area (Å²) in [5, 5.41) is 31.2. The number of carboxylic acids is 1. The van der Waals surface area contributed by atoms with Gasteiger partial charge in [0.15, 0.2) is 24.6 Å². The van der Waals surface area contributed by atoms with Crippen LogP contribution >= 0.6 is 0 Å². The minimum atomic E-state index is -1.91. The summed E-state index contributed by atoms with van der Waals surface area (Å²) in [4.78, 5) is 50.6. The molecule has 1 aliphatic rings. The van der Waals surface area contributed by atoms with Crippen LogP contribution in [0.4, 0.5) is 0 Å². The molecule has 0 spiro atoms. The van der Waals surface area contributed by atoms with Gasteiger partial charge in [-0.25, -0.2) is 4.79 Å². The van der Waals surface area contributed by atoms with Crippen LogP contribution in [-0.2, 0) is 42.9 Å². The Kier molecular flexibility index (Phi) is 37.5. The maximum atomic E-state index is 13.0. The van der Waals surface area contributed by atoms with Crippen molar-refractivity contribution in [1.29, 1.82) is 0 Å². The number of esters is 3. The molecule has 368 valence electrons. The van der Waals surface area contributed by atoms with Gasteiger partial charge < -0.3 is 39.0 Å². The van der Waals surface area contributed by atoms with Crippen LogP contribution in [0.1, 0.15) is 175 Å². The van der Waals surface area contributed by atoms with E-state index < -0.39 is 67.3 Å². The van der Waals surface area contributed by atoms with Crippen LogP contribution in [0.3, 0.4) is 0 Å². The number of carbonyl (C=O) groups is 4. The first kappa shape index (κ1) is 58.9. The number of carbonyl (C=O) groups excluding carboxylic acids is 3. The van der Waals surface area contributed by atoms with E-state index in [0.29, 0.717) is 19.3 Å². The second-order valence-electron chi connectivity index (χ2n) is 16.3. The van der Waals surface area contributed by atoms with Crippen molar-refractivity contribution in [1.82, 2.24) is 0 Å². The summed E-state index contributed by atoms with van der Waals surface area (Å²) in [5.74, 6) is -3.28. The van der Waals surface area contributed by atoms with Crippen LogP contribution in [0.25, 0.3) is 0 Å². The Labute approximate surface area is 390 Å². The highest BCUT2D eigenvalue weighted by Crippen LogP contribution is 2.26. The first-order valence-corrected chi connectivity index (χ1v) is 24.6. The molecule has 1 heterocycles. The molecular weight excluding hydrogens is 829 g/mol. The Morgan fingerprint density at radius 1 is 0.523 bits per heavy atom. The molecule has 65 heavy (non-hydrogen) atoms. The predicted octanol–water partition coefficient (Wildman–Crippen LogP) is 11.2. The Bertz CT molecular complexity index is 1460. The minimum Gasteiger partial charge on any atom is -0.479 e. The van der Waals surface area contributed by atoms with Crippen LogP contribution in [-0.4, -0.2) is 89.2 Å². The summed E-state index contributed by atoms with van der Waals surface area (Å²) in [7, 11) is 0. The van der Waals surface area contributed by atoms with Gasteiger partial charge in [-0.1, -0.05) is 164 Å². The summed E-state index contributed by atoms with van der Waals surface area (Å²) in [6, 6.07) is 0. The van der Waals surface area contributed by atoms with Gasteiger partial charge >= 0.3 is 23.9 Å². The molecule has 6 atom stereocenters. The normalized spacial score (nSPS) is 19.8. The molecule has 1 saturated heterocycles. The van der Waals surface area contributed by atoms with Crippen molar-refractivity contribution in [2.45, 2.75) is 212 Å². The summed E-state index contributed by atoms with van der Waals surface area (Å²) in [6.45, 7) is 5.59. The molecule has 0 bridgehead atoms. The Morgan fingerprint density at radius 2 is 1.00 bits per heavy atom. The van der Waals surface area contributed by atoms with Crippen molar-refractivity contribution in [3.8, 4) is 0 Å². The lowest BCUT2D eigenvalue weighted by Crippen LogP contribution is -2.61. The van der Waals surface area contributed by atoms with Crippen molar-refractivity contribution in [2.75, 3.05) is 13.2 Å².